The summed E-state index contributed by atoms with van der Waals surface area (Å²) >= 11 is 0. The van der Waals surface area contributed by atoms with Crippen LogP contribution in [0.25, 0.3) is 0 Å². The minimum absolute atomic E-state index is 0.0221. The Morgan fingerprint density at radius 3 is 2.33 bits per heavy atom. The largest absolute Gasteiger partial charge is 0.491 e. The molecule has 0 N–H and O–H groups in total. The standard InChI is InChI=1S/C21H28F2O/c1-3-24-19-13-12-18(20(22)21(19)23)17-10-8-16(9-11-17)15-6-4-14(2)5-7-15/h4,6,12-17H,3,5,7-11H2,1-2H3. The van der Waals surface area contributed by atoms with E-state index in [0.717, 1.165) is 25.7 Å². The van der Waals surface area contributed by atoms with Gasteiger partial charge in [-0.15, -0.1) is 0 Å². The van der Waals surface area contributed by atoms with Crippen LogP contribution in [0, 0.1) is 29.4 Å². The predicted octanol–water partition coefficient (Wildman–Crippen LogP) is 6.24. The molecule has 0 saturated heterocycles. The minimum Gasteiger partial charge on any atom is -0.491 e. The fourth-order valence-corrected chi connectivity index (χ4v) is 4.36. The highest BCUT2D eigenvalue weighted by molar-refractivity contribution is 5.33. The Bertz CT molecular complexity index is 588. The SMILES string of the molecule is CCOc1ccc(C2CCC(C3C=CC(C)CC3)CC2)c(F)c1F. The number of hydrogen-bond acceptors (Lipinski definition) is 1. The van der Waals surface area contributed by atoms with Crippen LogP contribution in [-0.2, 0) is 0 Å². The summed E-state index contributed by atoms with van der Waals surface area (Å²) in [5, 5.41) is 0. The van der Waals surface area contributed by atoms with Gasteiger partial charge in [-0.1, -0.05) is 25.1 Å². The van der Waals surface area contributed by atoms with Crippen molar-refractivity contribution in [1.29, 1.82) is 0 Å². The van der Waals surface area contributed by atoms with Crippen LogP contribution in [0.15, 0.2) is 24.3 Å². The van der Waals surface area contributed by atoms with Crippen molar-refractivity contribution < 1.29 is 13.5 Å². The molecule has 1 aromatic rings. The molecule has 0 bridgehead atoms. The van der Waals surface area contributed by atoms with Gasteiger partial charge in [-0.3, -0.25) is 0 Å². The average Bonchev–Trinajstić information content (AvgIpc) is 2.60. The van der Waals surface area contributed by atoms with E-state index in [1.54, 1.807) is 19.1 Å². The van der Waals surface area contributed by atoms with Gasteiger partial charge in [0.2, 0.25) is 5.82 Å². The van der Waals surface area contributed by atoms with Crippen molar-refractivity contribution in [2.24, 2.45) is 17.8 Å². The maximum atomic E-state index is 14.4. The molecule has 0 aliphatic heterocycles. The zero-order chi connectivity index (χ0) is 17.1. The smallest absolute Gasteiger partial charge is 0.200 e. The van der Waals surface area contributed by atoms with Crippen molar-refractivity contribution in [3.05, 3.63) is 41.5 Å². The van der Waals surface area contributed by atoms with Gasteiger partial charge in [0, 0.05) is 0 Å². The minimum atomic E-state index is -0.833. The second kappa shape index (κ2) is 7.67. The highest BCUT2D eigenvalue weighted by atomic mass is 19.2. The molecule has 2 atom stereocenters. The summed E-state index contributed by atoms with van der Waals surface area (Å²) in [6.45, 7) is 4.38. The third-order valence-corrected chi connectivity index (χ3v) is 5.84. The monoisotopic (exact) mass is 334 g/mol. The molecule has 2 aliphatic rings. The second-order valence-corrected chi connectivity index (χ2v) is 7.43. The first-order valence-electron chi connectivity index (χ1n) is 9.39. The van der Waals surface area contributed by atoms with Crippen LogP contribution >= 0.6 is 0 Å². The number of allylic oxidation sites excluding steroid dienone is 2. The van der Waals surface area contributed by atoms with Gasteiger partial charge in [0.05, 0.1) is 6.61 Å². The first-order chi connectivity index (χ1) is 11.6. The van der Waals surface area contributed by atoms with Gasteiger partial charge >= 0.3 is 0 Å². The van der Waals surface area contributed by atoms with Crippen LogP contribution in [0.3, 0.4) is 0 Å². The maximum absolute atomic E-state index is 14.4. The van der Waals surface area contributed by atoms with Gasteiger partial charge in [-0.2, -0.15) is 4.39 Å². The molecule has 1 saturated carbocycles. The molecular weight excluding hydrogens is 306 g/mol. The van der Waals surface area contributed by atoms with E-state index in [2.05, 4.69) is 19.1 Å². The molecule has 3 heteroatoms. The van der Waals surface area contributed by atoms with E-state index in [0.29, 0.717) is 29.9 Å². The molecule has 0 amide bonds. The van der Waals surface area contributed by atoms with Crippen molar-refractivity contribution >= 4 is 0 Å². The van der Waals surface area contributed by atoms with Gasteiger partial charge in [-0.05, 0) is 80.8 Å². The highest BCUT2D eigenvalue weighted by Crippen LogP contribution is 2.43. The zero-order valence-corrected chi connectivity index (χ0v) is 14.7. The molecule has 0 spiro atoms. The van der Waals surface area contributed by atoms with Crippen molar-refractivity contribution in [2.45, 2.75) is 58.3 Å². The van der Waals surface area contributed by atoms with E-state index in [-0.39, 0.29) is 11.7 Å². The normalized spacial score (nSPS) is 30.3. The lowest BCUT2D eigenvalue weighted by atomic mass is 9.71. The molecule has 0 radical (unpaired) electrons. The van der Waals surface area contributed by atoms with E-state index in [1.165, 1.54) is 12.8 Å². The molecule has 2 unspecified atom stereocenters. The van der Waals surface area contributed by atoms with Crippen LogP contribution in [-0.4, -0.2) is 6.61 Å². The van der Waals surface area contributed by atoms with E-state index >= 15 is 0 Å². The van der Waals surface area contributed by atoms with Crippen LogP contribution in [0.2, 0.25) is 0 Å². The number of ether oxygens (including phenoxy) is 1. The average molecular weight is 334 g/mol. The highest BCUT2D eigenvalue weighted by Gasteiger charge is 2.30. The van der Waals surface area contributed by atoms with Gasteiger partial charge in [0.25, 0.3) is 0 Å². The van der Waals surface area contributed by atoms with Gasteiger partial charge < -0.3 is 4.74 Å². The van der Waals surface area contributed by atoms with E-state index in [1.807, 2.05) is 0 Å². The Hall–Kier alpha value is -1.38. The second-order valence-electron chi connectivity index (χ2n) is 7.43. The maximum Gasteiger partial charge on any atom is 0.200 e. The van der Waals surface area contributed by atoms with E-state index in [9.17, 15) is 8.78 Å². The summed E-state index contributed by atoms with van der Waals surface area (Å²) in [5.74, 6) is 0.714. The summed E-state index contributed by atoms with van der Waals surface area (Å²) < 4.78 is 33.6. The topological polar surface area (TPSA) is 9.23 Å². The lowest BCUT2D eigenvalue weighted by molar-refractivity contribution is 0.239. The Kier molecular flexibility index (Phi) is 5.57. The zero-order valence-electron chi connectivity index (χ0n) is 14.7. The number of rotatable bonds is 4. The van der Waals surface area contributed by atoms with Gasteiger partial charge in [-0.25, -0.2) is 4.39 Å². The van der Waals surface area contributed by atoms with Crippen LogP contribution < -0.4 is 4.74 Å². The molecule has 3 rings (SSSR count). The van der Waals surface area contributed by atoms with E-state index < -0.39 is 11.6 Å². The summed E-state index contributed by atoms with van der Waals surface area (Å²) in [7, 11) is 0. The third kappa shape index (κ3) is 3.65. The predicted molar refractivity (Wildman–Crippen MR) is 93.3 cm³/mol. The Morgan fingerprint density at radius 2 is 1.71 bits per heavy atom. The number of halogens is 2. The Balaban J connectivity index is 1.64. The molecule has 1 fully saturated rings. The number of benzene rings is 1. The molecule has 132 valence electrons. The fraction of sp³-hybridized carbons (Fsp3) is 0.619. The molecule has 0 aromatic heterocycles. The van der Waals surface area contributed by atoms with Crippen molar-refractivity contribution in [2.75, 3.05) is 6.61 Å². The first-order valence-corrected chi connectivity index (χ1v) is 9.39. The molecule has 2 aliphatic carbocycles. The molecule has 24 heavy (non-hydrogen) atoms. The van der Waals surface area contributed by atoms with Crippen molar-refractivity contribution in [1.82, 2.24) is 0 Å². The molecule has 0 heterocycles. The number of hydrogen-bond donors (Lipinski definition) is 0. The lowest BCUT2D eigenvalue weighted by Gasteiger charge is -2.35. The lowest BCUT2D eigenvalue weighted by Crippen LogP contribution is -2.22. The quantitative estimate of drug-likeness (QED) is 0.592. The van der Waals surface area contributed by atoms with Crippen molar-refractivity contribution in [3.8, 4) is 5.75 Å². The molecule has 1 aromatic carbocycles. The van der Waals surface area contributed by atoms with Crippen LogP contribution in [0.1, 0.15) is 63.9 Å². The summed E-state index contributed by atoms with van der Waals surface area (Å²) in [5.41, 5.74) is 0.530. The van der Waals surface area contributed by atoms with Crippen LogP contribution in [0.4, 0.5) is 8.78 Å². The van der Waals surface area contributed by atoms with Gasteiger partial charge in [0.15, 0.2) is 11.6 Å². The van der Waals surface area contributed by atoms with Gasteiger partial charge in [0.1, 0.15) is 0 Å². The Morgan fingerprint density at radius 1 is 0.958 bits per heavy atom. The van der Waals surface area contributed by atoms with Crippen molar-refractivity contribution in [3.63, 3.8) is 0 Å². The molecular formula is C21H28F2O. The Labute approximate surface area is 144 Å². The van der Waals surface area contributed by atoms with Crippen LogP contribution in [0.5, 0.6) is 5.75 Å². The summed E-state index contributed by atoms with van der Waals surface area (Å²) in [6.07, 6.45) is 11.4. The summed E-state index contributed by atoms with van der Waals surface area (Å²) in [4.78, 5) is 0. The summed E-state index contributed by atoms with van der Waals surface area (Å²) in [6, 6.07) is 3.30. The molecule has 1 nitrogen and oxygen atoms in total. The first kappa shape index (κ1) is 17.4. The third-order valence-electron chi connectivity index (χ3n) is 5.84. The fourth-order valence-electron chi connectivity index (χ4n) is 4.36. The van der Waals surface area contributed by atoms with E-state index in [4.69, 9.17) is 4.74 Å².